The fraction of sp³-hybridized carbons (Fsp3) is 0.700. The third-order valence-corrected chi connectivity index (χ3v) is 3.82. The molecule has 23 heavy (non-hydrogen) atoms. The normalized spacial score (nSPS) is 14.4. The lowest BCUT2D eigenvalue weighted by atomic mass is 9.97. The highest BCUT2D eigenvalue weighted by Gasteiger charge is 2.13. The van der Waals surface area contributed by atoms with Crippen LogP contribution in [0, 0.1) is 5.41 Å². The van der Waals surface area contributed by atoms with E-state index in [1.807, 2.05) is 12.1 Å². The Morgan fingerprint density at radius 2 is 1.61 bits per heavy atom. The molecule has 2 atom stereocenters. The Hall–Kier alpha value is -1.22. The van der Waals surface area contributed by atoms with Crippen molar-refractivity contribution in [2.24, 2.45) is 5.41 Å². The van der Waals surface area contributed by atoms with Crippen LogP contribution in [0.15, 0.2) is 18.2 Å². The first-order valence-electron chi connectivity index (χ1n) is 8.92. The van der Waals surface area contributed by atoms with Crippen LogP contribution in [0.5, 0.6) is 11.5 Å². The van der Waals surface area contributed by atoms with Gasteiger partial charge in [0.25, 0.3) is 0 Å². The van der Waals surface area contributed by atoms with Crippen LogP contribution in [-0.2, 0) is 6.54 Å². The van der Waals surface area contributed by atoms with Gasteiger partial charge in [-0.25, -0.2) is 0 Å². The van der Waals surface area contributed by atoms with Crippen LogP contribution in [0.2, 0.25) is 0 Å². The first-order valence-corrected chi connectivity index (χ1v) is 8.92. The van der Waals surface area contributed by atoms with Gasteiger partial charge < -0.3 is 14.8 Å². The van der Waals surface area contributed by atoms with Gasteiger partial charge in [-0.1, -0.05) is 40.7 Å². The van der Waals surface area contributed by atoms with Gasteiger partial charge in [0.15, 0.2) is 0 Å². The van der Waals surface area contributed by atoms with E-state index in [1.165, 1.54) is 5.56 Å². The quantitative estimate of drug-likeness (QED) is 0.680. The van der Waals surface area contributed by atoms with Gasteiger partial charge in [-0.3, -0.25) is 0 Å². The Bertz CT molecular complexity index is 465. The standard InChI is InChI=1S/C20H35NO2/c1-8-15(3)22-18-11-10-17(13-21-14-20(5,6)7)19(12-18)23-16(4)9-2/h10-12,15-16,21H,8-9,13-14H2,1-7H3. The second-order valence-corrected chi connectivity index (χ2v) is 7.61. The third-order valence-electron chi connectivity index (χ3n) is 3.82. The number of ether oxygens (including phenoxy) is 2. The molecule has 0 amide bonds. The van der Waals surface area contributed by atoms with E-state index in [0.717, 1.165) is 37.4 Å². The number of hydrogen-bond acceptors (Lipinski definition) is 3. The van der Waals surface area contributed by atoms with E-state index in [1.54, 1.807) is 0 Å². The van der Waals surface area contributed by atoms with E-state index in [9.17, 15) is 0 Å². The summed E-state index contributed by atoms with van der Waals surface area (Å²) in [6.07, 6.45) is 2.41. The molecule has 2 unspecified atom stereocenters. The summed E-state index contributed by atoms with van der Waals surface area (Å²) in [6, 6.07) is 6.20. The van der Waals surface area contributed by atoms with Crippen molar-refractivity contribution >= 4 is 0 Å². The summed E-state index contributed by atoms with van der Waals surface area (Å²) in [7, 11) is 0. The Balaban J connectivity index is 2.85. The van der Waals surface area contributed by atoms with Crippen molar-refractivity contribution in [3.8, 4) is 11.5 Å². The van der Waals surface area contributed by atoms with E-state index in [4.69, 9.17) is 9.47 Å². The highest BCUT2D eigenvalue weighted by molar-refractivity contribution is 5.41. The predicted octanol–water partition coefficient (Wildman–Crippen LogP) is 5.18. The molecular formula is C20H35NO2. The van der Waals surface area contributed by atoms with E-state index in [0.29, 0.717) is 0 Å². The fourth-order valence-corrected chi connectivity index (χ4v) is 2.05. The number of nitrogens with one attached hydrogen (secondary N) is 1. The highest BCUT2D eigenvalue weighted by Crippen LogP contribution is 2.27. The molecule has 0 aliphatic heterocycles. The first-order chi connectivity index (χ1) is 10.7. The minimum absolute atomic E-state index is 0.204. The van der Waals surface area contributed by atoms with Gasteiger partial charge in [0.05, 0.1) is 12.2 Å². The average Bonchev–Trinajstić information content (AvgIpc) is 2.47. The van der Waals surface area contributed by atoms with Crippen molar-refractivity contribution in [3.63, 3.8) is 0 Å². The van der Waals surface area contributed by atoms with E-state index < -0.39 is 0 Å². The summed E-state index contributed by atoms with van der Waals surface area (Å²) >= 11 is 0. The highest BCUT2D eigenvalue weighted by atomic mass is 16.5. The second kappa shape index (κ2) is 9.17. The molecule has 0 spiro atoms. The van der Waals surface area contributed by atoms with Crippen molar-refractivity contribution in [2.45, 2.75) is 80.1 Å². The smallest absolute Gasteiger partial charge is 0.127 e. The van der Waals surface area contributed by atoms with E-state index in [-0.39, 0.29) is 17.6 Å². The predicted molar refractivity (Wildman–Crippen MR) is 98.4 cm³/mol. The maximum atomic E-state index is 6.11. The zero-order valence-electron chi connectivity index (χ0n) is 16.0. The van der Waals surface area contributed by atoms with Crippen molar-refractivity contribution in [3.05, 3.63) is 23.8 Å². The summed E-state index contributed by atoms with van der Waals surface area (Å²) in [5.74, 6) is 1.82. The fourth-order valence-electron chi connectivity index (χ4n) is 2.05. The van der Waals surface area contributed by atoms with Gasteiger partial charge in [-0.05, 0) is 38.2 Å². The van der Waals surface area contributed by atoms with Crippen molar-refractivity contribution in [2.75, 3.05) is 6.54 Å². The SMILES string of the molecule is CCC(C)Oc1ccc(CNCC(C)(C)C)c(OC(C)CC)c1. The molecule has 3 nitrogen and oxygen atoms in total. The Kier molecular flexibility index (Phi) is 7.90. The third kappa shape index (κ3) is 7.74. The monoisotopic (exact) mass is 321 g/mol. The lowest BCUT2D eigenvalue weighted by molar-refractivity contribution is 0.203. The summed E-state index contributed by atoms with van der Waals surface area (Å²) in [5.41, 5.74) is 1.46. The molecule has 0 aliphatic carbocycles. The summed E-state index contributed by atoms with van der Waals surface area (Å²) in [4.78, 5) is 0. The number of benzene rings is 1. The maximum Gasteiger partial charge on any atom is 0.127 e. The molecule has 132 valence electrons. The zero-order valence-corrected chi connectivity index (χ0v) is 16.0. The molecule has 0 saturated carbocycles. The van der Waals surface area contributed by atoms with Crippen molar-refractivity contribution in [1.29, 1.82) is 0 Å². The maximum absolute atomic E-state index is 6.11. The van der Waals surface area contributed by atoms with Crippen LogP contribution in [0.3, 0.4) is 0 Å². The van der Waals surface area contributed by atoms with Gasteiger partial charge >= 0.3 is 0 Å². The van der Waals surface area contributed by atoms with Gasteiger partial charge in [-0.2, -0.15) is 0 Å². The van der Waals surface area contributed by atoms with E-state index in [2.05, 4.69) is 59.8 Å². The molecule has 0 saturated heterocycles. The van der Waals surface area contributed by atoms with E-state index >= 15 is 0 Å². The van der Waals surface area contributed by atoms with Crippen LogP contribution in [0.1, 0.15) is 66.9 Å². The molecule has 0 aliphatic rings. The summed E-state index contributed by atoms with van der Waals surface area (Å²) in [5, 5.41) is 3.52. The minimum Gasteiger partial charge on any atom is -0.491 e. The van der Waals surface area contributed by atoms with Crippen LogP contribution in [0.4, 0.5) is 0 Å². The first kappa shape index (κ1) is 19.8. The average molecular weight is 322 g/mol. The molecule has 0 radical (unpaired) electrons. The minimum atomic E-state index is 0.204. The van der Waals surface area contributed by atoms with Crippen LogP contribution < -0.4 is 14.8 Å². The molecule has 1 aromatic rings. The lowest BCUT2D eigenvalue weighted by Crippen LogP contribution is -2.26. The number of rotatable bonds is 9. The Morgan fingerprint density at radius 1 is 1.00 bits per heavy atom. The Morgan fingerprint density at radius 3 is 2.17 bits per heavy atom. The van der Waals surface area contributed by atoms with Crippen molar-refractivity contribution in [1.82, 2.24) is 5.32 Å². The molecule has 0 aromatic heterocycles. The lowest BCUT2D eigenvalue weighted by Gasteiger charge is -2.21. The molecule has 0 bridgehead atoms. The molecule has 1 aromatic carbocycles. The Labute approximate surface area is 142 Å². The summed E-state index contributed by atoms with van der Waals surface area (Å²) < 4.78 is 12.0. The van der Waals surface area contributed by atoms with Gasteiger partial charge in [0.2, 0.25) is 0 Å². The topological polar surface area (TPSA) is 30.5 Å². The van der Waals surface area contributed by atoms with Gasteiger partial charge in [-0.15, -0.1) is 0 Å². The molecule has 1 rings (SSSR count). The van der Waals surface area contributed by atoms with Crippen LogP contribution in [0.25, 0.3) is 0 Å². The molecule has 1 N–H and O–H groups in total. The van der Waals surface area contributed by atoms with Crippen molar-refractivity contribution < 1.29 is 9.47 Å². The second-order valence-electron chi connectivity index (χ2n) is 7.61. The molecule has 0 fully saturated rings. The molecule has 0 heterocycles. The van der Waals surface area contributed by atoms with Gasteiger partial charge in [0.1, 0.15) is 11.5 Å². The van der Waals surface area contributed by atoms with Crippen LogP contribution in [-0.4, -0.2) is 18.8 Å². The molecule has 3 heteroatoms. The largest absolute Gasteiger partial charge is 0.491 e. The van der Waals surface area contributed by atoms with Gasteiger partial charge in [0, 0.05) is 24.7 Å². The summed E-state index contributed by atoms with van der Waals surface area (Å²) in [6.45, 7) is 17.0. The zero-order chi connectivity index (χ0) is 17.5. The number of hydrogen-bond donors (Lipinski definition) is 1. The molecular weight excluding hydrogens is 286 g/mol. The van der Waals surface area contributed by atoms with Crippen LogP contribution >= 0.6 is 0 Å².